The topological polar surface area (TPSA) is 49.2 Å². The largest absolute Gasteiger partial charge is 0.435 e. The Kier molecular flexibility index (Phi) is 4.24. The molecular weight excluding hydrogens is 330 g/mol. The Morgan fingerprint density at radius 1 is 1.04 bits per heavy atom. The minimum atomic E-state index is -3.13. The van der Waals surface area contributed by atoms with Crippen molar-refractivity contribution in [3.8, 4) is 22.9 Å². The number of aryl methyl sites for hydroxylation is 1. The number of ether oxygens (including phenoxy) is 2. The fraction of sp³-hybridized carbons (Fsp3) is 0.200. The molecule has 0 aliphatic heterocycles. The first-order valence-electron chi connectivity index (χ1n) is 6.77. The number of fused-ring (bicyclic) bond motifs is 1. The van der Waals surface area contributed by atoms with E-state index in [2.05, 4.69) is 19.4 Å². The maximum Gasteiger partial charge on any atom is 0.387 e. The second-order valence-corrected chi connectivity index (χ2v) is 4.76. The molecule has 5 nitrogen and oxygen atoms in total. The van der Waals surface area contributed by atoms with E-state index >= 15 is 0 Å². The Hall–Kier alpha value is -2.84. The third-order valence-corrected chi connectivity index (χ3v) is 3.29. The molecule has 0 amide bonds. The van der Waals surface area contributed by atoms with Crippen molar-refractivity contribution in [1.82, 2.24) is 14.5 Å². The highest BCUT2D eigenvalue weighted by Crippen LogP contribution is 2.35. The summed E-state index contributed by atoms with van der Waals surface area (Å²) in [6, 6.07) is 7.01. The molecule has 0 unspecified atom stereocenters. The molecule has 2 aromatic heterocycles. The molecule has 0 spiro atoms. The second-order valence-electron chi connectivity index (χ2n) is 4.76. The molecule has 0 aliphatic carbocycles. The van der Waals surface area contributed by atoms with Gasteiger partial charge in [-0.05, 0) is 24.3 Å². The molecule has 0 saturated heterocycles. The van der Waals surface area contributed by atoms with Crippen LogP contribution in [0.1, 0.15) is 0 Å². The Balaban J connectivity index is 2.12. The third-order valence-electron chi connectivity index (χ3n) is 3.29. The first-order chi connectivity index (χ1) is 11.5. The lowest BCUT2D eigenvalue weighted by Gasteiger charge is -2.13. The lowest BCUT2D eigenvalue weighted by Crippen LogP contribution is -2.06. The monoisotopic (exact) mass is 341 g/mol. The van der Waals surface area contributed by atoms with Crippen molar-refractivity contribution in [3.05, 3.63) is 36.5 Å². The highest BCUT2D eigenvalue weighted by atomic mass is 19.3. The van der Waals surface area contributed by atoms with Crippen LogP contribution in [0.15, 0.2) is 36.5 Å². The smallest absolute Gasteiger partial charge is 0.387 e. The Morgan fingerprint density at radius 3 is 2.46 bits per heavy atom. The molecule has 0 aliphatic rings. The van der Waals surface area contributed by atoms with Crippen LogP contribution < -0.4 is 9.47 Å². The van der Waals surface area contributed by atoms with Gasteiger partial charge in [0.25, 0.3) is 0 Å². The lowest BCUT2D eigenvalue weighted by atomic mass is 10.1. The summed E-state index contributed by atoms with van der Waals surface area (Å²) in [7, 11) is 1.68. The van der Waals surface area contributed by atoms with Gasteiger partial charge >= 0.3 is 13.2 Å². The summed E-state index contributed by atoms with van der Waals surface area (Å²) < 4.78 is 60.2. The van der Waals surface area contributed by atoms with Gasteiger partial charge < -0.3 is 14.0 Å². The minimum Gasteiger partial charge on any atom is -0.435 e. The van der Waals surface area contributed by atoms with Gasteiger partial charge in [0, 0.05) is 19.3 Å². The van der Waals surface area contributed by atoms with Crippen LogP contribution in [0.3, 0.4) is 0 Å². The summed E-state index contributed by atoms with van der Waals surface area (Å²) in [4.78, 5) is 8.37. The quantitative estimate of drug-likeness (QED) is 0.662. The van der Waals surface area contributed by atoms with Gasteiger partial charge in [-0.1, -0.05) is 0 Å². The molecule has 9 heteroatoms. The van der Waals surface area contributed by atoms with E-state index in [1.54, 1.807) is 29.9 Å². The number of alkyl halides is 4. The van der Waals surface area contributed by atoms with Crippen molar-refractivity contribution >= 4 is 11.2 Å². The van der Waals surface area contributed by atoms with Crippen LogP contribution in [-0.4, -0.2) is 27.8 Å². The van der Waals surface area contributed by atoms with E-state index < -0.39 is 13.2 Å². The molecule has 0 fully saturated rings. The SMILES string of the molecule is Cn1c(-c2ccc(OC(F)F)cc2OC(F)F)nc2ncccc21. The predicted octanol–water partition coefficient (Wildman–Crippen LogP) is 3.84. The number of halogens is 4. The van der Waals surface area contributed by atoms with Gasteiger partial charge in [-0.15, -0.1) is 0 Å². The number of aromatic nitrogens is 3. The number of rotatable bonds is 5. The Labute approximate surface area is 133 Å². The van der Waals surface area contributed by atoms with Gasteiger partial charge in [0.05, 0.1) is 11.1 Å². The molecule has 0 bridgehead atoms. The number of pyridine rings is 1. The van der Waals surface area contributed by atoms with Crippen LogP contribution in [0.2, 0.25) is 0 Å². The average Bonchev–Trinajstić information content (AvgIpc) is 2.84. The number of imidazole rings is 1. The first-order valence-corrected chi connectivity index (χ1v) is 6.77. The van der Waals surface area contributed by atoms with E-state index in [1.807, 2.05) is 0 Å². The standard InChI is InChI=1S/C15H11F4N3O2/c1-22-10-3-2-6-20-12(10)21-13(22)9-5-4-8(23-14(16)17)7-11(9)24-15(18)19/h2-7,14-15H,1H3. The average molecular weight is 341 g/mol. The van der Waals surface area contributed by atoms with Crippen molar-refractivity contribution in [1.29, 1.82) is 0 Å². The minimum absolute atomic E-state index is 0.206. The first kappa shape index (κ1) is 16.0. The van der Waals surface area contributed by atoms with Crippen LogP contribution in [0.4, 0.5) is 17.6 Å². The van der Waals surface area contributed by atoms with Gasteiger partial charge in [-0.25, -0.2) is 9.97 Å². The normalized spacial score (nSPS) is 11.5. The molecule has 0 radical (unpaired) electrons. The summed E-state index contributed by atoms with van der Waals surface area (Å²) in [6.45, 7) is -6.20. The van der Waals surface area contributed by atoms with E-state index in [0.29, 0.717) is 17.0 Å². The number of hydrogen-bond donors (Lipinski definition) is 0. The van der Waals surface area contributed by atoms with Crippen LogP contribution in [0, 0.1) is 0 Å². The highest BCUT2D eigenvalue weighted by molar-refractivity contribution is 5.79. The zero-order valence-corrected chi connectivity index (χ0v) is 12.3. The van der Waals surface area contributed by atoms with Crippen LogP contribution in [0.25, 0.3) is 22.6 Å². The predicted molar refractivity (Wildman–Crippen MR) is 77.2 cm³/mol. The van der Waals surface area contributed by atoms with E-state index in [4.69, 9.17) is 0 Å². The second kappa shape index (κ2) is 6.34. The van der Waals surface area contributed by atoms with E-state index in [0.717, 1.165) is 6.07 Å². The van der Waals surface area contributed by atoms with Gasteiger partial charge in [0.1, 0.15) is 17.3 Å². The van der Waals surface area contributed by atoms with Gasteiger partial charge in [-0.2, -0.15) is 17.6 Å². The molecule has 0 atom stereocenters. The van der Waals surface area contributed by atoms with Crippen molar-refractivity contribution < 1.29 is 27.0 Å². The summed E-state index contributed by atoms with van der Waals surface area (Å²) in [6.07, 6.45) is 1.55. The zero-order valence-electron chi connectivity index (χ0n) is 12.3. The van der Waals surface area contributed by atoms with Crippen molar-refractivity contribution in [2.75, 3.05) is 0 Å². The number of hydrogen-bond acceptors (Lipinski definition) is 4. The molecule has 3 rings (SSSR count). The summed E-state index contributed by atoms with van der Waals surface area (Å²) in [5.74, 6) is -0.300. The summed E-state index contributed by atoms with van der Waals surface area (Å²) in [5, 5.41) is 0. The third kappa shape index (κ3) is 3.10. The zero-order chi connectivity index (χ0) is 17.3. The molecule has 0 saturated carbocycles. The number of benzene rings is 1. The Morgan fingerprint density at radius 2 is 1.79 bits per heavy atom. The Bertz CT molecular complexity index is 867. The van der Waals surface area contributed by atoms with Gasteiger partial charge in [-0.3, -0.25) is 0 Å². The molecular formula is C15H11F4N3O2. The maximum absolute atomic E-state index is 12.7. The van der Waals surface area contributed by atoms with Gasteiger partial charge in [0.15, 0.2) is 5.65 Å². The van der Waals surface area contributed by atoms with Gasteiger partial charge in [0.2, 0.25) is 0 Å². The van der Waals surface area contributed by atoms with E-state index in [-0.39, 0.29) is 17.1 Å². The molecule has 126 valence electrons. The maximum atomic E-state index is 12.7. The van der Waals surface area contributed by atoms with Crippen LogP contribution in [0.5, 0.6) is 11.5 Å². The highest BCUT2D eigenvalue weighted by Gasteiger charge is 2.19. The van der Waals surface area contributed by atoms with Crippen molar-refractivity contribution in [2.24, 2.45) is 7.05 Å². The molecule has 24 heavy (non-hydrogen) atoms. The summed E-state index contributed by atoms with van der Waals surface area (Å²) in [5.41, 5.74) is 1.31. The fourth-order valence-corrected chi connectivity index (χ4v) is 2.32. The summed E-state index contributed by atoms with van der Waals surface area (Å²) >= 11 is 0. The lowest BCUT2D eigenvalue weighted by molar-refractivity contribution is -0.0540. The molecule has 0 N–H and O–H groups in total. The van der Waals surface area contributed by atoms with Crippen LogP contribution in [-0.2, 0) is 7.05 Å². The van der Waals surface area contributed by atoms with Crippen molar-refractivity contribution in [3.63, 3.8) is 0 Å². The molecule has 1 aromatic carbocycles. The van der Waals surface area contributed by atoms with Crippen molar-refractivity contribution in [2.45, 2.75) is 13.2 Å². The molecule has 3 aromatic rings. The fourth-order valence-electron chi connectivity index (χ4n) is 2.32. The van der Waals surface area contributed by atoms with E-state index in [1.165, 1.54) is 12.1 Å². The van der Waals surface area contributed by atoms with E-state index in [9.17, 15) is 17.6 Å². The number of nitrogens with zero attached hydrogens (tertiary/aromatic N) is 3. The van der Waals surface area contributed by atoms with Crippen LogP contribution >= 0.6 is 0 Å². The molecule has 2 heterocycles.